The van der Waals surface area contributed by atoms with E-state index in [1.165, 1.54) is 0 Å². The molecule has 0 saturated carbocycles. The van der Waals surface area contributed by atoms with Gasteiger partial charge in [-0.2, -0.15) is 5.10 Å². The number of rotatable bonds is 4. The SMILES string of the molecule is CCc1nn(C)c(CC(=O)c2cc(Br)ccc2Cl)c1Cl. The fraction of sp³-hybridized carbons (Fsp3) is 0.286. The van der Waals surface area contributed by atoms with Gasteiger partial charge in [0.1, 0.15) is 0 Å². The number of halogens is 3. The van der Waals surface area contributed by atoms with Crippen molar-refractivity contribution in [2.24, 2.45) is 7.05 Å². The Hall–Kier alpha value is -0.840. The second-order valence-corrected chi connectivity index (χ2v) is 6.11. The number of benzene rings is 1. The van der Waals surface area contributed by atoms with Crippen LogP contribution in [0, 0.1) is 0 Å². The number of nitrogens with zero attached hydrogens (tertiary/aromatic N) is 2. The highest BCUT2D eigenvalue weighted by molar-refractivity contribution is 9.10. The summed E-state index contributed by atoms with van der Waals surface area (Å²) in [5.41, 5.74) is 2.00. The van der Waals surface area contributed by atoms with Gasteiger partial charge in [-0.25, -0.2) is 0 Å². The van der Waals surface area contributed by atoms with Crippen LogP contribution in [-0.4, -0.2) is 15.6 Å². The van der Waals surface area contributed by atoms with Crippen molar-refractivity contribution in [1.29, 1.82) is 0 Å². The lowest BCUT2D eigenvalue weighted by atomic mass is 10.1. The average molecular weight is 376 g/mol. The highest BCUT2D eigenvalue weighted by Gasteiger charge is 2.18. The molecule has 0 aliphatic rings. The Morgan fingerprint density at radius 1 is 1.40 bits per heavy atom. The second-order valence-electron chi connectivity index (χ2n) is 4.41. The molecule has 0 radical (unpaired) electrons. The van der Waals surface area contributed by atoms with Gasteiger partial charge in [0.05, 0.1) is 27.9 Å². The first-order valence-electron chi connectivity index (χ1n) is 6.12. The number of aromatic nitrogens is 2. The van der Waals surface area contributed by atoms with Crippen LogP contribution in [0.5, 0.6) is 0 Å². The molecule has 0 bridgehead atoms. The maximum Gasteiger partial charge on any atom is 0.170 e. The lowest BCUT2D eigenvalue weighted by Gasteiger charge is -2.05. The van der Waals surface area contributed by atoms with Gasteiger partial charge in [-0.05, 0) is 24.6 Å². The highest BCUT2D eigenvalue weighted by Crippen LogP contribution is 2.26. The zero-order valence-electron chi connectivity index (χ0n) is 11.1. The van der Waals surface area contributed by atoms with E-state index in [0.717, 1.165) is 16.6 Å². The van der Waals surface area contributed by atoms with Crippen LogP contribution in [0.15, 0.2) is 22.7 Å². The molecule has 0 unspecified atom stereocenters. The van der Waals surface area contributed by atoms with Crippen LogP contribution in [0.25, 0.3) is 0 Å². The molecule has 0 aliphatic heterocycles. The third-order valence-electron chi connectivity index (χ3n) is 3.06. The minimum absolute atomic E-state index is 0.0798. The summed E-state index contributed by atoms with van der Waals surface area (Å²) in [6.45, 7) is 1.98. The molecular formula is C14H13BrCl2N2O. The lowest BCUT2D eigenvalue weighted by molar-refractivity contribution is 0.0991. The van der Waals surface area contributed by atoms with Crippen LogP contribution < -0.4 is 0 Å². The molecule has 2 aromatic rings. The van der Waals surface area contributed by atoms with E-state index in [0.29, 0.717) is 21.3 Å². The number of carbonyl (C=O) groups is 1. The monoisotopic (exact) mass is 374 g/mol. The third-order valence-corrected chi connectivity index (χ3v) is 4.32. The Bertz CT molecular complexity index is 667. The summed E-state index contributed by atoms with van der Waals surface area (Å²) >= 11 is 15.7. The number of carbonyl (C=O) groups excluding carboxylic acids is 1. The van der Waals surface area contributed by atoms with Crippen LogP contribution in [0.3, 0.4) is 0 Å². The first-order chi connectivity index (χ1) is 9.43. The molecule has 106 valence electrons. The Kier molecular flexibility index (Phi) is 4.89. The maximum absolute atomic E-state index is 12.4. The minimum atomic E-state index is -0.0798. The Morgan fingerprint density at radius 3 is 2.70 bits per heavy atom. The van der Waals surface area contributed by atoms with Gasteiger partial charge in [-0.1, -0.05) is 46.1 Å². The van der Waals surface area contributed by atoms with Crippen molar-refractivity contribution in [1.82, 2.24) is 9.78 Å². The van der Waals surface area contributed by atoms with Gasteiger partial charge in [-0.15, -0.1) is 0 Å². The van der Waals surface area contributed by atoms with E-state index in [2.05, 4.69) is 21.0 Å². The zero-order valence-corrected chi connectivity index (χ0v) is 14.2. The van der Waals surface area contributed by atoms with Crippen molar-refractivity contribution < 1.29 is 4.79 Å². The van der Waals surface area contributed by atoms with Gasteiger partial charge in [0, 0.05) is 17.1 Å². The van der Waals surface area contributed by atoms with Crippen LogP contribution >= 0.6 is 39.1 Å². The van der Waals surface area contributed by atoms with Gasteiger partial charge < -0.3 is 0 Å². The maximum atomic E-state index is 12.4. The molecule has 0 fully saturated rings. The number of aryl methyl sites for hydroxylation is 2. The molecule has 0 atom stereocenters. The van der Waals surface area contributed by atoms with Crippen LogP contribution in [0.4, 0.5) is 0 Å². The first kappa shape index (κ1) is 15.5. The topological polar surface area (TPSA) is 34.9 Å². The van der Waals surface area contributed by atoms with E-state index < -0.39 is 0 Å². The fourth-order valence-corrected chi connectivity index (χ4v) is 2.91. The van der Waals surface area contributed by atoms with E-state index in [-0.39, 0.29) is 12.2 Å². The van der Waals surface area contributed by atoms with E-state index in [1.54, 1.807) is 29.9 Å². The molecule has 1 aromatic carbocycles. The van der Waals surface area contributed by atoms with E-state index in [4.69, 9.17) is 23.2 Å². The molecule has 0 saturated heterocycles. The van der Waals surface area contributed by atoms with Crippen LogP contribution in [0.1, 0.15) is 28.7 Å². The molecule has 0 aliphatic carbocycles. The summed E-state index contributed by atoms with van der Waals surface area (Å²) in [5.74, 6) is -0.0798. The van der Waals surface area contributed by atoms with Gasteiger partial charge in [0.2, 0.25) is 0 Å². The number of ketones is 1. The zero-order chi connectivity index (χ0) is 14.9. The van der Waals surface area contributed by atoms with E-state index in [9.17, 15) is 4.79 Å². The van der Waals surface area contributed by atoms with Crippen LogP contribution in [0.2, 0.25) is 10.0 Å². The summed E-state index contributed by atoms with van der Waals surface area (Å²) in [7, 11) is 1.79. The molecule has 0 N–H and O–H groups in total. The number of Topliss-reactive ketones (excluding diaryl/α,β-unsaturated/α-hetero) is 1. The van der Waals surface area contributed by atoms with Crippen molar-refractivity contribution >= 4 is 44.9 Å². The van der Waals surface area contributed by atoms with Crippen molar-refractivity contribution in [2.45, 2.75) is 19.8 Å². The van der Waals surface area contributed by atoms with Crippen molar-refractivity contribution in [3.05, 3.63) is 49.7 Å². The van der Waals surface area contributed by atoms with Crippen molar-refractivity contribution in [3.8, 4) is 0 Å². The Labute approximate surface area is 136 Å². The van der Waals surface area contributed by atoms with Crippen molar-refractivity contribution in [2.75, 3.05) is 0 Å². The predicted octanol–water partition coefficient (Wildman–Crippen LogP) is 4.48. The summed E-state index contributed by atoms with van der Waals surface area (Å²) in [6, 6.07) is 5.21. The number of hydrogen-bond donors (Lipinski definition) is 0. The van der Waals surface area contributed by atoms with Crippen molar-refractivity contribution in [3.63, 3.8) is 0 Å². The quantitative estimate of drug-likeness (QED) is 0.738. The molecular weight excluding hydrogens is 363 g/mol. The van der Waals surface area contributed by atoms with Gasteiger partial charge in [0.25, 0.3) is 0 Å². The first-order valence-corrected chi connectivity index (χ1v) is 7.67. The number of hydrogen-bond acceptors (Lipinski definition) is 2. The standard InChI is InChI=1S/C14H13BrCl2N2O/c1-3-11-14(17)12(19(2)18-11)7-13(20)9-6-8(15)4-5-10(9)16/h4-6H,3,7H2,1-2H3. The molecule has 3 nitrogen and oxygen atoms in total. The molecule has 6 heteroatoms. The molecule has 1 aromatic heterocycles. The molecule has 0 spiro atoms. The van der Waals surface area contributed by atoms with E-state index >= 15 is 0 Å². The molecule has 2 rings (SSSR count). The Morgan fingerprint density at radius 2 is 2.10 bits per heavy atom. The molecule has 1 heterocycles. The van der Waals surface area contributed by atoms with Gasteiger partial charge in [0.15, 0.2) is 5.78 Å². The normalized spacial score (nSPS) is 10.8. The van der Waals surface area contributed by atoms with E-state index in [1.807, 2.05) is 6.92 Å². The van der Waals surface area contributed by atoms with Crippen LogP contribution in [-0.2, 0) is 19.9 Å². The molecule has 0 amide bonds. The summed E-state index contributed by atoms with van der Waals surface area (Å²) in [4.78, 5) is 12.4. The lowest BCUT2D eigenvalue weighted by Crippen LogP contribution is -2.09. The predicted molar refractivity (Wildman–Crippen MR) is 84.8 cm³/mol. The second kappa shape index (κ2) is 6.29. The summed E-state index contributed by atoms with van der Waals surface area (Å²) in [5, 5.41) is 5.31. The Balaban J connectivity index is 2.33. The average Bonchev–Trinajstić information content (AvgIpc) is 2.68. The fourth-order valence-electron chi connectivity index (χ4n) is 1.97. The third kappa shape index (κ3) is 3.08. The highest BCUT2D eigenvalue weighted by atomic mass is 79.9. The smallest absolute Gasteiger partial charge is 0.170 e. The van der Waals surface area contributed by atoms with Gasteiger partial charge in [-0.3, -0.25) is 9.48 Å². The largest absolute Gasteiger partial charge is 0.294 e. The summed E-state index contributed by atoms with van der Waals surface area (Å²) < 4.78 is 2.47. The molecule has 20 heavy (non-hydrogen) atoms. The summed E-state index contributed by atoms with van der Waals surface area (Å²) in [6.07, 6.45) is 0.914. The minimum Gasteiger partial charge on any atom is -0.294 e. The van der Waals surface area contributed by atoms with Gasteiger partial charge >= 0.3 is 0 Å².